The number of carboxylic acid groups (broad SMARTS) is 1. The van der Waals surface area contributed by atoms with E-state index in [1.165, 1.54) is 6.07 Å². The minimum atomic E-state index is -0.886. The SMILES string of the molecule is CC(C)C[C@H](NC/C=C/c1ccccc1[N+](=O)[O-])C(=O)O. The lowest BCUT2D eigenvalue weighted by atomic mass is 10.0. The molecule has 0 amide bonds. The van der Waals surface area contributed by atoms with Gasteiger partial charge in [0.2, 0.25) is 0 Å². The van der Waals surface area contributed by atoms with Crippen molar-refractivity contribution in [1.82, 2.24) is 5.32 Å². The number of carbonyl (C=O) groups is 1. The molecule has 0 aliphatic rings. The number of benzene rings is 1. The Labute approximate surface area is 123 Å². The topological polar surface area (TPSA) is 92.5 Å². The van der Waals surface area contributed by atoms with Crippen LogP contribution in [0, 0.1) is 16.0 Å². The number of hydrogen-bond acceptors (Lipinski definition) is 4. The van der Waals surface area contributed by atoms with Gasteiger partial charge in [0.1, 0.15) is 6.04 Å². The Morgan fingerprint density at radius 3 is 2.67 bits per heavy atom. The zero-order valence-electron chi connectivity index (χ0n) is 12.2. The van der Waals surface area contributed by atoms with Crippen LogP contribution in [-0.4, -0.2) is 28.6 Å². The molecule has 6 heteroatoms. The molecule has 1 aromatic rings. The summed E-state index contributed by atoms with van der Waals surface area (Å²) in [6.07, 6.45) is 3.85. The van der Waals surface area contributed by atoms with E-state index in [1.807, 2.05) is 13.8 Å². The van der Waals surface area contributed by atoms with Gasteiger partial charge in [0.05, 0.1) is 10.5 Å². The van der Waals surface area contributed by atoms with Crippen molar-refractivity contribution in [3.05, 3.63) is 46.0 Å². The minimum absolute atomic E-state index is 0.0331. The number of nitro benzene ring substituents is 1. The molecule has 0 saturated carbocycles. The first-order valence-electron chi connectivity index (χ1n) is 6.78. The smallest absolute Gasteiger partial charge is 0.320 e. The lowest BCUT2D eigenvalue weighted by Gasteiger charge is -2.15. The van der Waals surface area contributed by atoms with E-state index in [9.17, 15) is 14.9 Å². The van der Waals surface area contributed by atoms with E-state index < -0.39 is 16.9 Å². The van der Waals surface area contributed by atoms with Crippen molar-refractivity contribution >= 4 is 17.7 Å². The van der Waals surface area contributed by atoms with E-state index in [4.69, 9.17) is 5.11 Å². The summed E-state index contributed by atoms with van der Waals surface area (Å²) in [6, 6.07) is 5.81. The molecule has 0 heterocycles. The molecule has 0 spiro atoms. The number of nitrogens with zero attached hydrogens (tertiary/aromatic N) is 1. The maximum absolute atomic E-state index is 11.1. The van der Waals surface area contributed by atoms with E-state index in [2.05, 4.69) is 5.32 Å². The number of nitro groups is 1. The van der Waals surface area contributed by atoms with E-state index in [1.54, 1.807) is 30.4 Å². The first kappa shape index (κ1) is 16.8. The second kappa shape index (κ2) is 8.16. The van der Waals surface area contributed by atoms with Crippen molar-refractivity contribution < 1.29 is 14.8 Å². The van der Waals surface area contributed by atoms with Crippen LogP contribution < -0.4 is 5.32 Å². The Balaban J connectivity index is 2.62. The van der Waals surface area contributed by atoms with E-state index in [-0.39, 0.29) is 11.6 Å². The first-order chi connectivity index (χ1) is 9.91. The van der Waals surface area contributed by atoms with Gasteiger partial charge in [-0.2, -0.15) is 0 Å². The molecule has 1 aromatic carbocycles. The lowest BCUT2D eigenvalue weighted by molar-refractivity contribution is -0.385. The summed E-state index contributed by atoms with van der Waals surface area (Å²) >= 11 is 0. The van der Waals surface area contributed by atoms with Crippen LogP contribution in [0.4, 0.5) is 5.69 Å². The highest BCUT2D eigenvalue weighted by atomic mass is 16.6. The van der Waals surface area contributed by atoms with E-state index in [0.29, 0.717) is 18.5 Å². The molecule has 114 valence electrons. The number of carboxylic acids is 1. The summed E-state index contributed by atoms with van der Waals surface area (Å²) in [5.41, 5.74) is 0.533. The van der Waals surface area contributed by atoms with Crippen molar-refractivity contribution in [2.24, 2.45) is 5.92 Å². The van der Waals surface area contributed by atoms with Crippen molar-refractivity contribution in [3.63, 3.8) is 0 Å². The Kier molecular flexibility index (Phi) is 6.55. The molecule has 21 heavy (non-hydrogen) atoms. The van der Waals surface area contributed by atoms with Gasteiger partial charge >= 0.3 is 5.97 Å². The number of nitrogens with one attached hydrogen (secondary N) is 1. The van der Waals surface area contributed by atoms with Gasteiger partial charge in [-0.3, -0.25) is 14.9 Å². The number of rotatable bonds is 8. The number of aliphatic carboxylic acids is 1. The molecular formula is C15H20N2O4. The van der Waals surface area contributed by atoms with E-state index >= 15 is 0 Å². The fourth-order valence-corrected chi connectivity index (χ4v) is 1.93. The molecule has 0 saturated heterocycles. The fraction of sp³-hybridized carbons (Fsp3) is 0.400. The molecule has 0 unspecified atom stereocenters. The van der Waals surface area contributed by atoms with Crippen LogP contribution >= 0.6 is 0 Å². The number of hydrogen-bond donors (Lipinski definition) is 2. The predicted molar refractivity (Wildman–Crippen MR) is 81.0 cm³/mol. The molecule has 0 radical (unpaired) electrons. The maximum Gasteiger partial charge on any atom is 0.320 e. The average Bonchev–Trinajstić information content (AvgIpc) is 2.41. The third-order valence-corrected chi connectivity index (χ3v) is 2.92. The standard InChI is InChI=1S/C15H20N2O4/c1-11(2)10-13(15(18)19)16-9-5-7-12-6-3-4-8-14(12)17(20)21/h3-8,11,13,16H,9-10H2,1-2H3,(H,18,19)/b7-5+/t13-/m0/s1. The second-order valence-electron chi connectivity index (χ2n) is 5.15. The highest BCUT2D eigenvalue weighted by Crippen LogP contribution is 2.18. The highest BCUT2D eigenvalue weighted by molar-refractivity contribution is 5.73. The van der Waals surface area contributed by atoms with Gasteiger partial charge in [-0.25, -0.2) is 0 Å². The first-order valence-corrected chi connectivity index (χ1v) is 6.78. The van der Waals surface area contributed by atoms with Gasteiger partial charge in [-0.15, -0.1) is 0 Å². The van der Waals surface area contributed by atoms with Crippen molar-refractivity contribution in [2.45, 2.75) is 26.3 Å². The Bertz CT molecular complexity index is 526. The van der Waals surface area contributed by atoms with Gasteiger partial charge in [0.25, 0.3) is 5.69 Å². The Hall–Kier alpha value is -2.21. The molecule has 1 rings (SSSR count). The minimum Gasteiger partial charge on any atom is -0.480 e. The van der Waals surface area contributed by atoms with Crippen LogP contribution in [0.25, 0.3) is 6.08 Å². The van der Waals surface area contributed by atoms with Gasteiger partial charge < -0.3 is 10.4 Å². The molecular weight excluding hydrogens is 272 g/mol. The summed E-state index contributed by atoms with van der Waals surface area (Å²) in [6.45, 7) is 4.26. The molecule has 2 N–H and O–H groups in total. The predicted octanol–water partition coefficient (Wildman–Crippen LogP) is 2.70. The van der Waals surface area contributed by atoms with Gasteiger partial charge in [-0.05, 0) is 18.4 Å². The van der Waals surface area contributed by atoms with Crippen LogP contribution in [0.5, 0.6) is 0 Å². The van der Waals surface area contributed by atoms with E-state index in [0.717, 1.165) is 0 Å². The zero-order valence-corrected chi connectivity index (χ0v) is 12.2. The van der Waals surface area contributed by atoms with Crippen LogP contribution in [0.2, 0.25) is 0 Å². The van der Waals surface area contributed by atoms with Crippen molar-refractivity contribution in [1.29, 1.82) is 0 Å². The van der Waals surface area contributed by atoms with Gasteiger partial charge in [0, 0.05) is 12.6 Å². The van der Waals surface area contributed by atoms with Crippen LogP contribution in [0.15, 0.2) is 30.3 Å². The summed E-state index contributed by atoms with van der Waals surface area (Å²) in [4.78, 5) is 21.5. The molecule has 0 aliphatic heterocycles. The zero-order chi connectivity index (χ0) is 15.8. The molecule has 0 bridgehead atoms. The van der Waals surface area contributed by atoms with Gasteiger partial charge in [-0.1, -0.05) is 38.1 Å². The maximum atomic E-state index is 11.1. The molecule has 0 fully saturated rings. The average molecular weight is 292 g/mol. The molecule has 0 aliphatic carbocycles. The third kappa shape index (κ3) is 5.74. The highest BCUT2D eigenvalue weighted by Gasteiger charge is 2.17. The monoisotopic (exact) mass is 292 g/mol. The lowest BCUT2D eigenvalue weighted by Crippen LogP contribution is -2.37. The molecule has 6 nitrogen and oxygen atoms in total. The second-order valence-corrected chi connectivity index (χ2v) is 5.15. The quantitative estimate of drug-likeness (QED) is 0.567. The summed E-state index contributed by atoms with van der Waals surface area (Å²) in [5.74, 6) is -0.611. The van der Waals surface area contributed by atoms with Crippen molar-refractivity contribution in [3.8, 4) is 0 Å². The van der Waals surface area contributed by atoms with Crippen LogP contribution in [0.3, 0.4) is 0 Å². The fourth-order valence-electron chi connectivity index (χ4n) is 1.93. The molecule has 1 atom stereocenters. The van der Waals surface area contributed by atoms with Gasteiger partial charge in [0.15, 0.2) is 0 Å². The van der Waals surface area contributed by atoms with Crippen LogP contribution in [0.1, 0.15) is 25.8 Å². The Morgan fingerprint density at radius 1 is 1.43 bits per heavy atom. The molecule has 0 aromatic heterocycles. The summed E-state index contributed by atoms with van der Waals surface area (Å²) in [7, 11) is 0. The Morgan fingerprint density at radius 2 is 2.10 bits per heavy atom. The third-order valence-electron chi connectivity index (χ3n) is 2.92. The normalized spacial score (nSPS) is 12.7. The van der Waals surface area contributed by atoms with Crippen LogP contribution in [-0.2, 0) is 4.79 Å². The largest absolute Gasteiger partial charge is 0.480 e. The summed E-state index contributed by atoms with van der Waals surface area (Å²) in [5, 5.41) is 22.8. The van der Waals surface area contributed by atoms with Crippen molar-refractivity contribution in [2.75, 3.05) is 6.54 Å². The number of para-hydroxylation sites is 1. The summed E-state index contributed by atoms with van der Waals surface area (Å²) < 4.78 is 0.